The highest BCUT2D eigenvalue weighted by Crippen LogP contribution is 2.33. The lowest BCUT2D eigenvalue weighted by molar-refractivity contribution is 0.171. The first kappa shape index (κ1) is 17.6. The second kappa shape index (κ2) is 6.75. The Hall–Kier alpha value is -2.77. The van der Waals surface area contributed by atoms with E-state index in [1.807, 2.05) is 11.0 Å². The standard InChI is InChI=1S/C17H18N4O5S/c1-12-19-14(11-18)17(26-12)20-4-6-21(7-5-20)27(22,23)13-2-3-15-16(10-13)25-9-8-24-15/h2-3,10H,4-9H2,1H3. The summed E-state index contributed by atoms with van der Waals surface area (Å²) >= 11 is 0. The monoisotopic (exact) mass is 390 g/mol. The number of piperazine rings is 1. The molecule has 0 saturated carbocycles. The Morgan fingerprint density at radius 3 is 2.52 bits per heavy atom. The summed E-state index contributed by atoms with van der Waals surface area (Å²) in [5, 5.41) is 9.16. The van der Waals surface area contributed by atoms with E-state index in [4.69, 9.17) is 19.2 Å². The van der Waals surface area contributed by atoms with Crippen LogP contribution in [0.1, 0.15) is 11.6 Å². The van der Waals surface area contributed by atoms with Gasteiger partial charge in [-0.05, 0) is 12.1 Å². The highest BCUT2D eigenvalue weighted by atomic mass is 32.2. The average Bonchev–Trinajstić information content (AvgIpc) is 3.08. The van der Waals surface area contributed by atoms with Crippen LogP contribution in [0.5, 0.6) is 11.5 Å². The maximum absolute atomic E-state index is 13.0. The molecular weight excluding hydrogens is 372 g/mol. The fourth-order valence-electron chi connectivity index (χ4n) is 3.17. The third kappa shape index (κ3) is 3.20. The van der Waals surface area contributed by atoms with Crippen molar-refractivity contribution in [2.45, 2.75) is 11.8 Å². The molecule has 0 atom stereocenters. The van der Waals surface area contributed by atoms with Crippen LogP contribution in [0.25, 0.3) is 0 Å². The van der Waals surface area contributed by atoms with Crippen molar-refractivity contribution >= 4 is 15.9 Å². The second-order valence-electron chi connectivity index (χ2n) is 6.20. The minimum Gasteiger partial charge on any atom is -0.486 e. The van der Waals surface area contributed by atoms with Crippen LogP contribution >= 0.6 is 0 Å². The van der Waals surface area contributed by atoms with Crippen molar-refractivity contribution < 1.29 is 22.3 Å². The number of rotatable bonds is 3. The van der Waals surface area contributed by atoms with Gasteiger partial charge in [-0.15, -0.1) is 0 Å². The Morgan fingerprint density at radius 2 is 1.81 bits per heavy atom. The van der Waals surface area contributed by atoms with Gasteiger partial charge >= 0.3 is 0 Å². The molecule has 0 amide bonds. The maximum Gasteiger partial charge on any atom is 0.243 e. The molecule has 0 bridgehead atoms. The minimum absolute atomic E-state index is 0.174. The van der Waals surface area contributed by atoms with Crippen molar-refractivity contribution in [3.8, 4) is 17.6 Å². The van der Waals surface area contributed by atoms with Gasteiger partial charge in [-0.2, -0.15) is 9.57 Å². The number of nitrogens with zero attached hydrogens (tertiary/aromatic N) is 4. The molecule has 3 heterocycles. The Kier molecular flexibility index (Phi) is 4.41. The summed E-state index contributed by atoms with van der Waals surface area (Å²) in [7, 11) is -3.65. The number of hydrogen-bond acceptors (Lipinski definition) is 8. The van der Waals surface area contributed by atoms with E-state index in [0.29, 0.717) is 49.6 Å². The number of oxazole rings is 1. The van der Waals surface area contributed by atoms with Crippen LogP contribution < -0.4 is 14.4 Å². The van der Waals surface area contributed by atoms with Gasteiger partial charge in [0.15, 0.2) is 17.4 Å². The number of anilines is 1. The molecule has 2 aliphatic rings. The quantitative estimate of drug-likeness (QED) is 0.767. The lowest BCUT2D eigenvalue weighted by Crippen LogP contribution is -2.48. The fourth-order valence-corrected chi connectivity index (χ4v) is 4.61. The number of ether oxygens (including phenoxy) is 2. The zero-order chi connectivity index (χ0) is 19.0. The molecule has 27 heavy (non-hydrogen) atoms. The van der Waals surface area contributed by atoms with Crippen molar-refractivity contribution in [2.75, 3.05) is 44.3 Å². The highest BCUT2D eigenvalue weighted by Gasteiger charge is 2.31. The molecule has 2 aromatic rings. The zero-order valence-corrected chi connectivity index (χ0v) is 15.5. The molecule has 1 saturated heterocycles. The number of benzene rings is 1. The number of fused-ring (bicyclic) bond motifs is 1. The van der Waals surface area contributed by atoms with E-state index in [1.165, 1.54) is 16.4 Å². The van der Waals surface area contributed by atoms with Gasteiger partial charge in [0.2, 0.25) is 21.6 Å². The van der Waals surface area contributed by atoms with Crippen LogP contribution in [0, 0.1) is 18.3 Å². The lowest BCUT2D eigenvalue weighted by atomic mass is 10.3. The minimum atomic E-state index is -3.65. The summed E-state index contributed by atoms with van der Waals surface area (Å²) < 4.78 is 43.8. The molecule has 0 radical (unpaired) electrons. The largest absolute Gasteiger partial charge is 0.486 e. The van der Waals surface area contributed by atoms with Gasteiger partial charge in [0.1, 0.15) is 19.3 Å². The van der Waals surface area contributed by atoms with Gasteiger partial charge in [-0.3, -0.25) is 0 Å². The van der Waals surface area contributed by atoms with Crippen LogP contribution in [0.2, 0.25) is 0 Å². The Bertz CT molecular complexity index is 1000. The molecule has 1 fully saturated rings. The van der Waals surface area contributed by atoms with E-state index in [1.54, 1.807) is 13.0 Å². The number of aryl methyl sites for hydroxylation is 1. The summed E-state index contributed by atoms with van der Waals surface area (Å²) in [6.07, 6.45) is 0. The summed E-state index contributed by atoms with van der Waals surface area (Å²) in [6, 6.07) is 6.66. The van der Waals surface area contributed by atoms with Crippen LogP contribution in [0.4, 0.5) is 5.88 Å². The molecule has 0 aliphatic carbocycles. The summed E-state index contributed by atoms with van der Waals surface area (Å²) in [5.74, 6) is 1.80. The van der Waals surface area contributed by atoms with E-state index in [2.05, 4.69) is 4.98 Å². The van der Waals surface area contributed by atoms with Gasteiger partial charge in [0, 0.05) is 39.2 Å². The molecule has 10 heteroatoms. The molecule has 142 valence electrons. The molecular formula is C17H18N4O5S. The van der Waals surface area contributed by atoms with Gasteiger partial charge < -0.3 is 18.8 Å². The Balaban J connectivity index is 1.51. The Labute approximate surface area is 156 Å². The third-order valence-corrected chi connectivity index (χ3v) is 6.39. The van der Waals surface area contributed by atoms with E-state index in [-0.39, 0.29) is 23.7 Å². The van der Waals surface area contributed by atoms with Crippen LogP contribution in [-0.2, 0) is 10.0 Å². The number of sulfonamides is 1. The van der Waals surface area contributed by atoms with Crippen molar-refractivity contribution in [2.24, 2.45) is 0 Å². The van der Waals surface area contributed by atoms with E-state index in [9.17, 15) is 8.42 Å². The molecule has 0 spiro atoms. The van der Waals surface area contributed by atoms with Gasteiger partial charge in [0.25, 0.3) is 0 Å². The third-order valence-electron chi connectivity index (χ3n) is 4.50. The van der Waals surface area contributed by atoms with Crippen molar-refractivity contribution in [3.05, 3.63) is 29.8 Å². The van der Waals surface area contributed by atoms with Crippen molar-refractivity contribution in [3.63, 3.8) is 0 Å². The summed E-state index contributed by atoms with van der Waals surface area (Å²) in [4.78, 5) is 6.05. The van der Waals surface area contributed by atoms with Crippen LogP contribution in [0.3, 0.4) is 0 Å². The molecule has 1 aromatic carbocycles. The summed E-state index contributed by atoms with van der Waals surface area (Å²) in [6.45, 7) is 3.90. The number of hydrogen-bond donors (Lipinski definition) is 0. The first-order valence-corrected chi connectivity index (χ1v) is 9.95. The molecule has 0 N–H and O–H groups in total. The highest BCUT2D eigenvalue weighted by molar-refractivity contribution is 7.89. The fraction of sp³-hybridized carbons (Fsp3) is 0.412. The lowest BCUT2D eigenvalue weighted by Gasteiger charge is -2.33. The topological polar surface area (TPSA) is 109 Å². The van der Waals surface area contributed by atoms with E-state index in [0.717, 1.165) is 0 Å². The van der Waals surface area contributed by atoms with Gasteiger partial charge in [-0.1, -0.05) is 0 Å². The summed E-state index contributed by atoms with van der Waals surface area (Å²) in [5.41, 5.74) is 0.218. The predicted octanol–water partition coefficient (Wildman–Crippen LogP) is 1.14. The zero-order valence-electron chi connectivity index (χ0n) is 14.7. The second-order valence-corrected chi connectivity index (χ2v) is 8.13. The molecule has 4 rings (SSSR count). The predicted molar refractivity (Wildman–Crippen MR) is 94.4 cm³/mol. The first-order chi connectivity index (χ1) is 13.0. The van der Waals surface area contributed by atoms with Gasteiger partial charge in [-0.25, -0.2) is 13.4 Å². The molecule has 2 aliphatic heterocycles. The maximum atomic E-state index is 13.0. The van der Waals surface area contributed by atoms with Crippen LogP contribution in [0.15, 0.2) is 27.5 Å². The molecule has 9 nitrogen and oxygen atoms in total. The van der Waals surface area contributed by atoms with Crippen molar-refractivity contribution in [1.29, 1.82) is 5.26 Å². The first-order valence-electron chi connectivity index (χ1n) is 8.51. The van der Waals surface area contributed by atoms with Crippen molar-refractivity contribution in [1.82, 2.24) is 9.29 Å². The van der Waals surface area contributed by atoms with Gasteiger partial charge in [0.05, 0.1) is 4.90 Å². The van der Waals surface area contributed by atoms with E-state index < -0.39 is 10.0 Å². The average molecular weight is 390 g/mol. The smallest absolute Gasteiger partial charge is 0.243 e. The normalized spacial score (nSPS) is 17.6. The number of nitriles is 1. The Morgan fingerprint density at radius 1 is 1.11 bits per heavy atom. The molecule has 1 aromatic heterocycles. The molecule has 0 unspecified atom stereocenters. The van der Waals surface area contributed by atoms with Crippen LogP contribution in [-0.4, -0.2) is 57.1 Å². The SMILES string of the molecule is Cc1nc(C#N)c(N2CCN(S(=O)(=O)c3ccc4c(c3)OCCO4)CC2)o1. The number of aromatic nitrogens is 1. The van der Waals surface area contributed by atoms with E-state index >= 15 is 0 Å².